The molecule has 0 aliphatic carbocycles. The van der Waals surface area contributed by atoms with Crippen molar-refractivity contribution in [1.82, 2.24) is 10.2 Å². The minimum Gasteiger partial charge on any atom is -0.308 e. The molecule has 2 N–H and O–H groups in total. The maximum atomic E-state index is 13.2. The first-order valence-corrected chi connectivity index (χ1v) is 10.1. The maximum Gasteiger partial charge on any atom is 0.271 e. The van der Waals surface area contributed by atoms with E-state index >= 15 is 0 Å². The van der Waals surface area contributed by atoms with Crippen molar-refractivity contribution in [2.75, 3.05) is 11.4 Å². The predicted octanol–water partition coefficient (Wildman–Crippen LogP) is 2.09. The van der Waals surface area contributed by atoms with Crippen LogP contribution in [0.5, 0.6) is 0 Å². The Morgan fingerprint density at radius 1 is 0.871 bits per heavy atom. The Kier molecular flexibility index (Phi) is 4.40. The summed E-state index contributed by atoms with van der Waals surface area (Å²) in [4.78, 5) is 40.6. The highest BCUT2D eigenvalue weighted by Gasteiger charge is 2.35. The summed E-state index contributed by atoms with van der Waals surface area (Å²) in [5.74, 6) is -0.816. The highest BCUT2D eigenvalue weighted by molar-refractivity contribution is 6.51. The van der Waals surface area contributed by atoms with Gasteiger partial charge in [-0.3, -0.25) is 24.6 Å². The molecule has 1 aliphatic heterocycles. The zero-order valence-corrected chi connectivity index (χ0v) is 16.8. The molecule has 0 fully saturated rings. The molecule has 0 saturated carbocycles. The lowest BCUT2D eigenvalue weighted by Crippen LogP contribution is -2.45. The molecule has 0 unspecified atom stereocenters. The number of benzene rings is 3. The summed E-state index contributed by atoms with van der Waals surface area (Å²) in [5.41, 5.74) is 1.40. The Bertz CT molecular complexity index is 1540. The minimum atomic E-state index is -0.422. The Hall–Kier alpha value is -4.19. The lowest BCUT2D eigenvalue weighted by Gasteiger charge is -2.28. The first kappa shape index (κ1) is 18.8. The maximum absolute atomic E-state index is 13.2. The third kappa shape index (κ3) is 3.00. The number of rotatable bonds is 2. The molecule has 0 saturated heterocycles. The number of nitrogens with one attached hydrogen (secondary N) is 2. The van der Waals surface area contributed by atoms with Crippen molar-refractivity contribution in [1.29, 1.82) is 0 Å². The van der Waals surface area contributed by atoms with Crippen LogP contribution in [0.1, 0.15) is 22.8 Å². The van der Waals surface area contributed by atoms with Gasteiger partial charge in [-0.2, -0.15) is 0 Å². The molecule has 6 heteroatoms. The van der Waals surface area contributed by atoms with Crippen LogP contribution in [0.15, 0.2) is 71.5 Å². The molecule has 1 amide bonds. The van der Waals surface area contributed by atoms with Gasteiger partial charge < -0.3 is 4.90 Å². The number of ketones is 1. The lowest BCUT2D eigenvalue weighted by atomic mass is 9.94. The monoisotopic (exact) mass is 409 g/mol. The standard InChI is InChI=1S/C25H19N3O3/c1-2-28-20-10-6-5-9-18(20)23(29)21(25(28)31)22-19(24(30)27-26-22)14-15-11-12-16-7-3-4-8-17(16)13-15/h3-14,26H,2H2,1H3,(H,27,30). The number of aromatic amines is 2. The SMILES string of the molecule is CCN1C(=O)C(=c2[nH][nH]c(=O)c2=Cc2ccc3ccccc3c2)C(=O)c2ccccc21. The predicted molar refractivity (Wildman–Crippen MR) is 120 cm³/mol. The zero-order valence-electron chi connectivity index (χ0n) is 16.8. The van der Waals surface area contributed by atoms with Gasteiger partial charge in [0.1, 0.15) is 5.57 Å². The Balaban J connectivity index is 1.79. The number of H-pyrrole nitrogens is 2. The van der Waals surface area contributed by atoms with E-state index in [2.05, 4.69) is 10.2 Å². The van der Waals surface area contributed by atoms with Gasteiger partial charge in [0.15, 0.2) is 0 Å². The van der Waals surface area contributed by atoms with Gasteiger partial charge >= 0.3 is 0 Å². The summed E-state index contributed by atoms with van der Waals surface area (Å²) >= 11 is 0. The van der Waals surface area contributed by atoms with E-state index in [4.69, 9.17) is 0 Å². The van der Waals surface area contributed by atoms with Gasteiger partial charge in [-0.05, 0) is 47.5 Å². The number of nitrogens with zero attached hydrogens (tertiary/aromatic N) is 1. The lowest BCUT2D eigenvalue weighted by molar-refractivity contribution is -0.113. The van der Waals surface area contributed by atoms with E-state index in [-0.39, 0.29) is 16.1 Å². The number of hydrogen-bond donors (Lipinski definition) is 2. The average molecular weight is 409 g/mol. The van der Waals surface area contributed by atoms with Crippen LogP contribution in [0, 0.1) is 0 Å². The summed E-state index contributed by atoms with van der Waals surface area (Å²) in [5, 5.41) is 7.88. The van der Waals surface area contributed by atoms with Crippen molar-refractivity contribution in [2.24, 2.45) is 0 Å². The number of fused-ring (bicyclic) bond motifs is 2. The van der Waals surface area contributed by atoms with E-state index in [0.29, 0.717) is 17.8 Å². The van der Waals surface area contributed by atoms with Crippen molar-refractivity contribution >= 4 is 39.8 Å². The van der Waals surface area contributed by atoms with Gasteiger partial charge in [0.25, 0.3) is 11.5 Å². The van der Waals surface area contributed by atoms with Crippen LogP contribution >= 0.6 is 0 Å². The van der Waals surface area contributed by atoms with Crippen LogP contribution < -0.4 is 21.0 Å². The van der Waals surface area contributed by atoms with E-state index in [0.717, 1.165) is 16.3 Å². The molecule has 3 aromatic carbocycles. The third-order valence-electron chi connectivity index (χ3n) is 5.59. The summed E-state index contributed by atoms with van der Waals surface area (Å²) in [6.07, 6.45) is 1.70. The van der Waals surface area contributed by atoms with Gasteiger partial charge in [0, 0.05) is 12.1 Å². The minimum absolute atomic E-state index is 0.0362. The van der Waals surface area contributed by atoms with Gasteiger partial charge in [-0.15, -0.1) is 0 Å². The van der Waals surface area contributed by atoms with Crippen molar-refractivity contribution in [3.63, 3.8) is 0 Å². The second-order valence-corrected chi connectivity index (χ2v) is 7.39. The highest BCUT2D eigenvalue weighted by atomic mass is 16.2. The number of amides is 1. The van der Waals surface area contributed by atoms with E-state index in [1.54, 1.807) is 35.2 Å². The van der Waals surface area contributed by atoms with Crippen molar-refractivity contribution < 1.29 is 9.59 Å². The van der Waals surface area contributed by atoms with Crippen LogP contribution in [0.3, 0.4) is 0 Å². The molecule has 5 rings (SSSR count). The Morgan fingerprint density at radius 2 is 1.61 bits per heavy atom. The number of Topliss-reactive ketones (excluding diaryl/α,β-unsaturated/α-hetero) is 1. The number of para-hydroxylation sites is 1. The summed E-state index contributed by atoms with van der Waals surface area (Å²) in [6.45, 7) is 2.26. The Morgan fingerprint density at radius 3 is 2.42 bits per heavy atom. The van der Waals surface area contributed by atoms with Crippen LogP contribution in [-0.2, 0) is 4.79 Å². The van der Waals surface area contributed by atoms with E-state index < -0.39 is 17.2 Å². The topological polar surface area (TPSA) is 86.0 Å². The van der Waals surface area contributed by atoms with Crippen molar-refractivity contribution in [3.05, 3.63) is 98.8 Å². The average Bonchev–Trinajstić information content (AvgIpc) is 3.14. The molecular formula is C25H19N3O3. The normalized spacial score (nSPS) is 16.2. The largest absolute Gasteiger partial charge is 0.308 e. The quantitative estimate of drug-likeness (QED) is 0.532. The summed E-state index contributed by atoms with van der Waals surface area (Å²) in [7, 11) is 0. The molecule has 0 radical (unpaired) electrons. The first-order valence-electron chi connectivity index (χ1n) is 10.1. The fourth-order valence-corrected chi connectivity index (χ4v) is 4.08. The molecule has 1 aliphatic rings. The highest BCUT2D eigenvalue weighted by Crippen LogP contribution is 2.29. The molecule has 2 heterocycles. The molecule has 1 aromatic heterocycles. The number of aromatic nitrogens is 2. The van der Waals surface area contributed by atoms with Gasteiger partial charge in [-0.25, -0.2) is 0 Å². The molecule has 0 atom stereocenters. The van der Waals surface area contributed by atoms with Gasteiger partial charge in [0.05, 0.1) is 16.3 Å². The first-order chi connectivity index (χ1) is 15.1. The molecular weight excluding hydrogens is 390 g/mol. The molecule has 31 heavy (non-hydrogen) atoms. The van der Waals surface area contributed by atoms with Crippen molar-refractivity contribution in [2.45, 2.75) is 6.92 Å². The number of hydrogen-bond acceptors (Lipinski definition) is 3. The fourth-order valence-electron chi connectivity index (χ4n) is 4.08. The third-order valence-corrected chi connectivity index (χ3v) is 5.59. The molecule has 6 nitrogen and oxygen atoms in total. The molecule has 0 spiro atoms. The zero-order chi connectivity index (χ0) is 21.5. The molecule has 4 aromatic rings. The van der Waals surface area contributed by atoms with E-state index in [9.17, 15) is 14.4 Å². The molecule has 152 valence electrons. The summed E-state index contributed by atoms with van der Waals surface area (Å²) in [6, 6.07) is 20.8. The van der Waals surface area contributed by atoms with Gasteiger partial charge in [-0.1, -0.05) is 48.5 Å². The summed E-state index contributed by atoms with van der Waals surface area (Å²) < 4.78 is 0. The van der Waals surface area contributed by atoms with Crippen LogP contribution in [-0.4, -0.2) is 28.4 Å². The van der Waals surface area contributed by atoms with Crippen LogP contribution in [0.4, 0.5) is 5.69 Å². The molecule has 0 bridgehead atoms. The van der Waals surface area contributed by atoms with Crippen molar-refractivity contribution in [3.8, 4) is 0 Å². The van der Waals surface area contributed by atoms with Crippen LogP contribution in [0.2, 0.25) is 0 Å². The second-order valence-electron chi connectivity index (χ2n) is 7.39. The second kappa shape index (κ2) is 7.25. The van der Waals surface area contributed by atoms with Gasteiger partial charge in [0.2, 0.25) is 5.78 Å². The van der Waals surface area contributed by atoms with E-state index in [1.807, 2.05) is 49.4 Å². The smallest absolute Gasteiger partial charge is 0.271 e. The Labute approximate surface area is 177 Å². The van der Waals surface area contributed by atoms with Crippen LogP contribution in [0.25, 0.3) is 22.4 Å². The number of carbonyl (C=O) groups excluding carboxylic acids is 2. The fraction of sp³-hybridized carbons (Fsp3) is 0.0800. The number of anilines is 1. The van der Waals surface area contributed by atoms with E-state index in [1.165, 1.54) is 0 Å². The number of carbonyl (C=O) groups is 2.